The van der Waals surface area contributed by atoms with E-state index in [1.54, 1.807) is 0 Å². The lowest BCUT2D eigenvalue weighted by atomic mass is 10.00. The number of anilines is 9. The van der Waals surface area contributed by atoms with Crippen molar-refractivity contribution in [2.24, 2.45) is 0 Å². The van der Waals surface area contributed by atoms with E-state index in [-0.39, 0.29) is 0 Å². The van der Waals surface area contributed by atoms with E-state index in [9.17, 15) is 0 Å². The molecule has 638 valence electrons. The van der Waals surface area contributed by atoms with Crippen LogP contribution in [0, 0.1) is 0 Å². The molecule has 0 N–H and O–H groups in total. The molecule has 0 bridgehead atoms. The molecule has 6 heteroatoms. The van der Waals surface area contributed by atoms with E-state index in [0.717, 1.165) is 68.2 Å². The number of benzene rings is 24. The van der Waals surface area contributed by atoms with E-state index in [0.29, 0.717) is 0 Å². The lowest BCUT2D eigenvalue weighted by Gasteiger charge is -2.26. The van der Waals surface area contributed by atoms with E-state index in [1.807, 2.05) is 0 Å². The number of hydrogen-bond donors (Lipinski definition) is 0. The quantitative estimate of drug-likeness (QED) is 0.108. The minimum Gasteiger partial charge on any atom is -0.311 e. The van der Waals surface area contributed by atoms with Crippen molar-refractivity contribution in [3.8, 4) is 39.3 Å². The highest BCUT2D eigenvalue weighted by Crippen LogP contribution is 2.48. The Morgan fingerprint density at radius 1 is 0.125 bits per heavy atom. The molecular formula is C130H88N6. The lowest BCUT2D eigenvalue weighted by molar-refractivity contribution is 1.17. The molecule has 3 aromatic heterocycles. The summed E-state index contributed by atoms with van der Waals surface area (Å²) in [5.74, 6) is 0. The number of fused-ring (bicyclic) bond motifs is 22. The van der Waals surface area contributed by atoms with Crippen molar-refractivity contribution in [3.05, 3.63) is 534 Å². The van der Waals surface area contributed by atoms with Crippen molar-refractivity contribution in [2.75, 3.05) is 14.7 Å². The van der Waals surface area contributed by atoms with Gasteiger partial charge in [-0.15, -0.1) is 0 Å². The number of rotatable bonds is 14. The number of para-hydroxylation sites is 3. The summed E-state index contributed by atoms with van der Waals surface area (Å²) in [6.45, 7) is 0. The van der Waals surface area contributed by atoms with Crippen LogP contribution in [0.1, 0.15) is 0 Å². The highest BCUT2D eigenvalue weighted by Gasteiger charge is 2.25. The predicted octanol–water partition coefficient (Wildman–Crippen LogP) is 36.2. The molecule has 27 aromatic rings. The van der Waals surface area contributed by atoms with E-state index < -0.39 is 0 Å². The molecule has 3 heterocycles. The molecule has 0 atom stereocenters. The lowest BCUT2D eigenvalue weighted by Crippen LogP contribution is -2.10. The molecular weight excluding hydrogens is 1650 g/mol. The average molecular weight is 1730 g/mol. The van der Waals surface area contributed by atoms with Crippen LogP contribution in [0.4, 0.5) is 51.2 Å². The Hall–Kier alpha value is -18.1. The van der Waals surface area contributed by atoms with Gasteiger partial charge in [0, 0.05) is 106 Å². The highest BCUT2D eigenvalue weighted by atomic mass is 15.2. The zero-order chi connectivity index (χ0) is 89.9. The molecule has 0 unspecified atom stereocenters. The summed E-state index contributed by atoms with van der Waals surface area (Å²) < 4.78 is 7.33. The smallest absolute Gasteiger partial charge is 0.0619 e. The van der Waals surface area contributed by atoms with Crippen molar-refractivity contribution >= 4 is 192 Å². The second-order valence-electron chi connectivity index (χ2n) is 35.0. The summed E-state index contributed by atoms with van der Waals surface area (Å²) in [5, 5.41) is 25.4. The molecule has 0 aliphatic carbocycles. The first-order valence-corrected chi connectivity index (χ1v) is 46.7. The summed E-state index contributed by atoms with van der Waals surface area (Å²) in [6, 6.07) is 193. The van der Waals surface area contributed by atoms with E-state index in [2.05, 4.69) is 562 Å². The molecule has 24 aromatic carbocycles. The van der Waals surface area contributed by atoms with Crippen molar-refractivity contribution in [3.63, 3.8) is 0 Å². The summed E-state index contributed by atoms with van der Waals surface area (Å²) in [7, 11) is 0. The second kappa shape index (κ2) is 34.3. The first kappa shape index (κ1) is 80.0. The molecule has 0 radical (unpaired) electrons. The molecule has 136 heavy (non-hydrogen) atoms. The number of aromatic nitrogens is 3. The molecule has 27 rings (SSSR count). The maximum atomic E-state index is 2.46. The first-order valence-electron chi connectivity index (χ1n) is 46.7. The monoisotopic (exact) mass is 1730 g/mol. The molecule has 0 spiro atoms. The minimum atomic E-state index is 1.10. The largest absolute Gasteiger partial charge is 0.311 e. The standard InChI is InChI=1S/2C44H30N2.C42H28N2/c1-3-12-31(13-4-1)32-22-26-36(27-23-32)45(35-16-5-2-6-17-35)37-18-11-19-38(30-37)46-42-29-25-33-14-7-9-20-39(33)43(42)41-28-24-34-15-8-10-21-40(34)44(41)46;1-3-11-31(12-4-1)32-19-23-36(24-20-32)45(35-15-5-2-6-16-35)37-25-27-38(28-26-37)46-41-29-21-33-13-7-9-17-39(33)43(41)44-40-18-10-8-14-34(40)22-30-42(44)46;1-2-15-33(16-3-1)43(36-24-21-29-11-4-5-14-32(29)27-36)34-17-10-18-35(28-34)44-39-25-22-30-12-6-8-19-37(30)41(39)42-38-20-9-7-13-31(38)23-26-40(42)44/h2*1-30H;1-28H. The van der Waals surface area contributed by atoms with Gasteiger partial charge in [0.05, 0.1) is 33.1 Å². The van der Waals surface area contributed by atoms with Gasteiger partial charge in [-0.25, -0.2) is 0 Å². The summed E-state index contributed by atoms with van der Waals surface area (Å²) >= 11 is 0. The van der Waals surface area contributed by atoms with Crippen LogP contribution in [-0.4, -0.2) is 13.7 Å². The van der Waals surface area contributed by atoms with Crippen molar-refractivity contribution < 1.29 is 0 Å². The normalized spacial score (nSPS) is 11.5. The molecule has 0 amide bonds. The summed E-state index contributed by atoms with van der Waals surface area (Å²) in [5.41, 5.74) is 25.6. The molecule has 0 saturated carbocycles. The third-order valence-electron chi connectivity index (χ3n) is 27.2. The maximum absolute atomic E-state index is 2.46. The van der Waals surface area contributed by atoms with Gasteiger partial charge in [0.2, 0.25) is 0 Å². The van der Waals surface area contributed by atoms with Gasteiger partial charge >= 0.3 is 0 Å². The number of hydrogen-bond acceptors (Lipinski definition) is 3. The van der Waals surface area contributed by atoms with Gasteiger partial charge < -0.3 is 28.4 Å². The van der Waals surface area contributed by atoms with Gasteiger partial charge in [0.15, 0.2) is 0 Å². The van der Waals surface area contributed by atoms with E-state index in [1.165, 1.54) is 163 Å². The third kappa shape index (κ3) is 14.2. The van der Waals surface area contributed by atoms with Crippen LogP contribution in [0.25, 0.3) is 180 Å². The second-order valence-corrected chi connectivity index (χ2v) is 35.0. The topological polar surface area (TPSA) is 24.5 Å². The van der Waals surface area contributed by atoms with Gasteiger partial charge in [-0.2, -0.15) is 0 Å². The Balaban J connectivity index is 0.000000109. The van der Waals surface area contributed by atoms with Gasteiger partial charge in [-0.1, -0.05) is 370 Å². The Morgan fingerprint density at radius 2 is 0.375 bits per heavy atom. The number of nitrogens with zero attached hydrogens (tertiary/aromatic N) is 6. The fraction of sp³-hybridized carbons (Fsp3) is 0. The molecule has 0 aliphatic rings. The first-order chi connectivity index (χ1) is 67.5. The van der Waals surface area contributed by atoms with E-state index in [4.69, 9.17) is 0 Å². The van der Waals surface area contributed by atoms with Crippen LogP contribution in [-0.2, 0) is 0 Å². The molecule has 0 saturated heterocycles. The Morgan fingerprint density at radius 3 is 0.779 bits per heavy atom. The van der Waals surface area contributed by atoms with Crippen molar-refractivity contribution in [1.82, 2.24) is 13.7 Å². The summed E-state index contributed by atoms with van der Waals surface area (Å²) in [4.78, 5) is 7.03. The third-order valence-corrected chi connectivity index (χ3v) is 27.2. The highest BCUT2D eigenvalue weighted by molar-refractivity contribution is 6.31. The van der Waals surface area contributed by atoms with Crippen molar-refractivity contribution in [1.29, 1.82) is 0 Å². The zero-order valence-corrected chi connectivity index (χ0v) is 74.5. The predicted molar refractivity (Wildman–Crippen MR) is 580 cm³/mol. The van der Waals surface area contributed by atoms with Crippen LogP contribution in [0.2, 0.25) is 0 Å². The van der Waals surface area contributed by atoms with Crippen LogP contribution in [0.3, 0.4) is 0 Å². The van der Waals surface area contributed by atoms with Gasteiger partial charge in [0.1, 0.15) is 0 Å². The maximum Gasteiger partial charge on any atom is 0.0619 e. The van der Waals surface area contributed by atoms with Gasteiger partial charge in [0.25, 0.3) is 0 Å². The van der Waals surface area contributed by atoms with Crippen LogP contribution in [0.5, 0.6) is 0 Å². The molecule has 6 nitrogen and oxygen atoms in total. The van der Waals surface area contributed by atoms with Crippen LogP contribution >= 0.6 is 0 Å². The zero-order valence-electron chi connectivity index (χ0n) is 74.5. The average Bonchev–Trinajstić information content (AvgIpc) is 1.57. The SMILES string of the molecule is c1ccc(-c2ccc(N(c3ccccc3)c3ccc(-n4c5ccc6ccccc6c5c5c6ccccc6ccc54)cc3)cc2)cc1.c1ccc(-c2ccc(N(c3ccccc3)c3cccc(-n4c5ccc6ccccc6c5c5ccc6ccccc6c54)c3)cc2)cc1.c1ccc(N(c2cccc(-n3c4ccc5ccccc5c4c4c5ccccc5ccc43)c2)c2ccc3ccccc3c2)cc1. The minimum absolute atomic E-state index is 1.10. The van der Waals surface area contributed by atoms with Crippen LogP contribution in [0.15, 0.2) is 534 Å². The Bertz CT molecular complexity index is 9020. The van der Waals surface area contributed by atoms with E-state index >= 15 is 0 Å². The fourth-order valence-electron chi connectivity index (χ4n) is 21.0. The Kier molecular flexibility index (Phi) is 20.2. The summed E-state index contributed by atoms with van der Waals surface area (Å²) in [6.07, 6.45) is 0. The van der Waals surface area contributed by atoms with Gasteiger partial charge in [-0.3, -0.25) is 0 Å². The Labute approximate surface area is 788 Å². The van der Waals surface area contributed by atoms with Crippen molar-refractivity contribution in [2.45, 2.75) is 0 Å². The fourth-order valence-corrected chi connectivity index (χ4v) is 21.0. The van der Waals surface area contributed by atoms with Crippen LogP contribution < -0.4 is 14.7 Å². The van der Waals surface area contributed by atoms with Gasteiger partial charge in [-0.05, 0) is 256 Å². The molecule has 0 aliphatic heterocycles. The molecule has 0 fully saturated rings.